The van der Waals surface area contributed by atoms with Crippen molar-refractivity contribution in [1.29, 1.82) is 0 Å². The largest absolute Gasteiger partial charge is 0.294 e. The normalized spacial score (nSPS) is 10.5. The number of rotatable bonds is 4. The monoisotopic (exact) mass is 272 g/mol. The van der Waals surface area contributed by atoms with E-state index < -0.39 is 0 Å². The van der Waals surface area contributed by atoms with Crippen LogP contribution in [0.3, 0.4) is 0 Å². The number of benzene rings is 2. The van der Waals surface area contributed by atoms with Crippen molar-refractivity contribution in [2.45, 2.75) is 26.7 Å². The zero-order valence-corrected chi connectivity index (χ0v) is 12.0. The van der Waals surface area contributed by atoms with E-state index >= 15 is 0 Å². The third kappa shape index (κ3) is 3.68. The molecule has 2 heteroatoms. The Kier molecular flexibility index (Phi) is 4.39. The summed E-state index contributed by atoms with van der Waals surface area (Å²) in [6, 6.07) is 13.5. The van der Waals surface area contributed by atoms with Crippen LogP contribution < -0.4 is 0 Å². The molecule has 0 spiro atoms. The molecule has 0 fully saturated rings. The van der Waals surface area contributed by atoms with E-state index in [9.17, 15) is 4.79 Å². The maximum Gasteiger partial charge on any atom is 0.163 e. The fourth-order valence-corrected chi connectivity index (χ4v) is 2.09. The van der Waals surface area contributed by atoms with Crippen molar-refractivity contribution in [2.75, 3.05) is 0 Å². The van der Waals surface area contributed by atoms with E-state index in [1.165, 1.54) is 5.56 Å². The van der Waals surface area contributed by atoms with Crippen LogP contribution in [0.25, 0.3) is 0 Å². The van der Waals surface area contributed by atoms with E-state index in [0.29, 0.717) is 6.42 Å². The number of ketones is 1. The summed E-state index contributed by atoms with van der Waals surface area (Å²) in [6.45, 7) is 4.09. The number of carbonyl (C=O) groups excluding carboxylic acids is 1. The van der Waals surface area contributed by atoms with Gasteiger partial charge in [0.1, 0.15) is 0 Å². The lowest BCUT2D eigenvalue weighted by Crippen LogP contribution is -2.02. The van der Waals surface area contributed by atoms with Gasteiger partial charge in [0, 0.05) is 17.0 Å². The molecule has 0 unspecified atom stereocenters. The molecule has 2 rings (SSSR count). The minimum Gasteiger partial charge on any atom is -0.294 e. The standard InChI is InChI=1S/C17H17ClO/c1-12-3-7-15(11-13(12)2)17(19)10-6-14-4-8-16(18)9-5-14/h3-5,7-9,11H,6,10H2,1-2H3. The molecule has 0 bridgehead atoms. The van der Waals surface area contributed by atoms with Gasteiger partial charge in [-0.3, -0.25) is 4.79 Å². The maximum absolute atomic E-state index is 12.1. The fourth-order valence-electron chi connectivity index (χ4n) is 1.97. The van der Waals surface area contributed by atoms with Crippen molar-refractivity contribution in [1.82, 2.24) is 0 Å². The molecule has 0 aliphatic rings. The Labute approximate surface area is 119 Å². The summed E-state index contributed by atoms with van der Waals surface area (Å²) in [4.78, 5) is 12.1. The zero-order valence-electron chi connectivity index (χ0n) is 11.2. The summed E-state index contributed by atoms with van der Waals surface area (Å²) in [5, 5.41) is 0.726. The Balaban J connectivity index is 2.01. The van der Waals surface area contributed by atoms with Crippen molar-refractivity contribution >= 4 is 17.4 Å². The minimum atomic E-state index is 0.193. The van der Waals surface area contributed by atoms with Gasteiger partial charge < -0.3 is 0 Å². The van der Waals surface area contributed by atoms with Gasteiger partial charge in [-0.2, -0.15) is 0 Å². The summed E-state index contributed by atoms with van der Waals surface area (Å²) in [7, 11) is 0. The van der Waals surface area contributed by atoms with Gasteiger partial charge in [0.25, 0.3) is 0 Å². The molecule has 0 radical (unpaired) electrons. The molecule has 0 saturated heterocycles. The minimum absolute atomic E-state index is 0.193. The molecule has 0 aliphatic carbocycles. The third-order valence-corrected chi connectivity index (χ3v) is 3.63. The van der Waals surface area contributed by atoms with Gasteiger partial charge in [-0.05, 0) is 55.2 Å². The van der Waals surface area contributed by atoms with E-state index in [4.69, 9.17) is 11.6 Å². The Bertz CT molecular complexity index is 585. The first-order valence-electron chi connectivity index (χ1n) is 6.41. The van der Waals surface area contributed by atoms with E-state index in [2.05, 4.69) is 6.92 Å². The van der Waals surface area contributed by atoms with Gasteiger partial charge in [0.05, 0.1) is 0 Å². The van der Waals surface area contributed by atoms with Gasteiger partial charge >= 0.3 is 0 Å². The molecule has 1 nitrogen and oxygen atoms in total. The van der Waals surface area contributed by atoms with Gasteiger partial charge in [-0.1, -0.05) is 35.9 Å². The van der Waals surface area contributed by atoms with Crippen LogP contribution >= 0.6 is 11.6 Å². The van der Waals surface area contributed by atoms with Crippen molar-refractivity contribution in [3.63, 3.8) is 0 Å². The molecule has 0 amide bonds. The highest BCUT2D eigenvalue weighted by molar-refractivity contribution is 6.30. The summed E-state index contributed by atoms with van der Waals surface area (Å²) >= 11 is 5.84. The predicted octanol–water partition coefficient (Wildman–Crippen LogP) is 4.77. The maximum atomic E-state index is 12.1. The first kappa shape index (κ1) is 13.8. The highest BCUT2D eigenvalue weighted by atomic mass is 35.5. The van der Waals surface area contributed by atoms with Crippen molar-refractivity contribution in [3.05, 3.63) is 69.7 Å². The zero-order chi connectivity index (χ0) is 13.8. The third-order valence-electron chi connectivity index (χ3n) is 3.38. The molecule has 0 saturated carbocycles. The number of Topliss-reactive ketones (excluding diaryl/α,β-unsaturated/α-hetero) is 1. The predicted molar refractivity (Wildman–Crippen MR) is 80.0 cm³/mol. The van der Waals surface area contributed by atoms with Crippen LogP contribution in [0.15, 0.2) is 42.5 Å². The van der Waals surface area contributed by atoms with Crippen LogP contribution in [0.2, 0.25) is 5.02 Å². The molecule has 98 valence electrons. The van der Waals surface area contributed by atoms with E-state index in [0.717, 1.165) is 28.1 Å². The lowest BCUT2D eigenvalue weighted by Gasteiger charge is -2.05. The second-order valence-corrected chi connectivity index (χ2v) is 5.29. The van der Waals surface area contributed by atoms with Crippen LogP contribution in [-0.4, -0.2) is 5.78 Å². The van der Waals surface area contributed by atoms with Crippen molar-refractivity contribution < 1.29 is 4.79 Å². The Morgan fingerprint density at radius 2 is 1.68 bits per heavy atom. The molecular weight excluding hydrogens is 256 g/mol. The average Bonchev–Trinajstić information content (AvgIpc) is 2.41. The number of aryl methyl sites for hydroxylation is 3. The van der Waals surface area contributed by atoms with E-state index in [1.54, 1.807) is 0 Å². The van der Waals surface area contributed by atoms with E-state index in [1.807, 2.05) is 49.4 Å². The molecule has 0 heterocycles. The number of hydrogen-bond acceptors (Lipinski definition) is 1. The number of carbonyl (C=O) groups is 1. The Morgan fingerprint density at radius 3 is 2.32 bits per heavy atom. The lowest BCUT2D eigenvalue weighted by atomic mass is 9.99. The molecule has 2 aromatic carbocycles. The van der Waals surface area contributed by atoms with Crippen LogP contribution in [-0.2, 0) is 6.42 Å². The Morgan fingerprint density at radius 1 is 1.00 bits per heavy atom. The second-order valence-electron chi connectivity index (χ2n) is 4.85. The smallest absolute Gasteiger partial charge is 0.163 e. The number of halogens is 1. The first-order valence-corrected chi connectivity index (χ1v) is 6.79. The van der Waals surface area contributed by atoms with Crippen LogP contribution in [0.5, 0.6) is 0 Å². The molecule has 0 N–H and O–H groups in total. The second kappa shape index (κ2) is 6.03. The summed E-state index contributed by atoms with van der Waals surface area (Å²) in [5.74, 6) is 0.193. The topological polar surface area (TPSA) is 17.1 Å². The summed E-state index contributed by atoms with van der Waals surface area (Å²) in [6.07, 6.45) is 1.28. The molecule has 0 aliphatic heterocycles. The SMILES string of the molecule is Cc1ccc(C(=O)CCc2ccc(Cl)cc2)cc1C. The molecule has 19 heavy (non-hydrogen) atoms. The molecule has 0 aromatic heterocycles. The van der Waals surface area contributed by atoms with Gasteiger partial charge in [0.2, 0.25) is 0 Å². The van der Waals surface area contributed by atoms with Crippen molar-refractivity contribution in [3.8, 4) is 0 Å². The quantitative estimate of drug-likeness (QED) is 0.733. The van der Waals surface area contributed by atoms with Crippen LogP contribution in [0, 0.1) is 13.8 Å². The first-order chi connectivity index (χ1) is 9.06. The molecular formula is C17H17ClO. The highest BCUT2D eigenvalue weighted by Gasteiger charge is 2.07. The highest BCUT2D eigenvalue weighted by Crippen LogP contribution is 2.15. The molecule has 0 atom stereocenters. The van der Waals surface area contributed by atoms with Crippen molar-refractivity contribution in [2.24, 2.45) is 0 Å². The van der Waals surface area contributed by atoms with Gasteiger partial charge in [0.15, 0.2) is 5.78 Å². The summed E-state index contributed by atoms with van der Waals surface area (Å²) in [5.41, 5.74) is 4.32. The average molecular weight is 273 g/mol. The summed E-state index contributed by atoms with van der Waals surface area (Å²) < 4.78 is 0. The number of hydrogen-bond donors (Lipinski definition) is 0. The lowest BCUT2D eigenvalue weighted by molar-refractivity contribution is 0.0983. The van der Waals surface area contributed by atoms with Gasteiger partial charge in [-0.15, -0.1) is 0 Å². The van der Waals surface area contributed by atoms with Crippen LogP contribution in [0.1, 0.15) is 33.5 Å². The molecule has 2 aromatic rings. The Hall–Kier alpha value is -1.60. The van der Waals surface area contributed by atoms with Gasteiger partial charge in [-0.25, -0.2) is 0 Å². The van der Waals surface area contributed by atoms with E-state index in [-0.39, 0.29) is 5.78 Å². The fraction of sp³-hybridized carbons (Fsp3) is 0.235. The van der Waals surface area contributed by atoms with Crippen LogP contribution in [0.4, 0.5) is 0 Å².